The molecule has 0 aromatic heterocycles. The number of nitrogens with one attached hydrogen (secondary N) is 1. The summed E-state index contributed by atoms with van der Waals surface area (Å²) >= 11 is 0. The molecule has 1 heterocycles. The van der Waals surface area contributed by atoms with E-state index in [9.17, 15) is 14.7 Å². The number of carboxylic acids is 1. The van der Waals surface area contributed by atoms with Crippen molar-refractivity contribution in [1.29, 1.82) is 0 Å². The normalized spacial score (nSPS) is 27.0. The van der Waals surface area contributed by atoms with Crippen molar-refractivity contribution in [2.45, 2.75) is 45.1 Å². The third kappa shape index (κ3) is 3.55. The molecule has 3 unspecified atom stereocenters. The number of rotatable bonds is 2. The number of aryl methyl sites for hydroxylation is 1. The topological polar surface area (TPSA) is 69.6 Å². The van der Waals surface area contributed by atoms with Crippen LogP contribution < -0.4 is 5.32 Å². The van der Waals surface area contributed by atoms with Crippen LogP contribution in [0.25, 0.3) is 0 Å². The highest BCUT2D eigenvalue weighted by Crippen LogP contribution is 2.33. The van der Waals surface area contributed by atoms with E-state index in [0.29, 0.717) is 25.4 Å². The summed E-state index contributed by atoms with van der Waals surface area (Å²) in [5.41, 5.74) is 2.52. The highest BCUT2D eigenvalue weighted by atomic mass is 16.4. The molecule has 0 bridgehead atoms. The van der Waals surface area contributed by atoms with Gasteiger partial charge in [0.05, 0.1) is 12.0 Å². The number of carbonyl (C=O) groups is 2. The first kappa shape index (κ1) is 16.8. The largest absolute Gasteiger partial charge is 0.481 e. The average Bonchev–Trinajstić information content (AvgIpc) is 2.74. The Morgan fingerprint density at radius 1 is 1.21 bits per heavy atom. The van der Waals surface area contributed by atoms with Gasteiger partial charge in [0.1, 0.15) is 0 Å². The lowest BCUT2D eigenvalue weighted by molar-refractivity contribution is -0.143. The molecule has 3 rings (SSSR count). The molecule has 0 radical (unpaired) electrons. The molecule has 1 aromatic rings. The molecular formula is C19H26N2O3. The smallest absolute Gasteiger partial charge is 0.317 e. The Hall–Kier alpha value is -2.04. The molecule has 130 valence electrons. The number of piperidine rings is 1. The van der Waals surface area contributed by atoms with Gasteiger partial charge < -0.3 is 15.3 Å². The molecule has 2 aliphatic rings. The van der Waals surface area contributed by atoms with Gasteiger partial charge in [-0.15, -0.1) is 0 Å². The fourth-order valence-electron chi connectivity index (χ4n) is 3.96. The van der Waals surface area contributed by atoms with E-state index >= 15 is 0 Å². The lowest BCUT2D eigenvalue weighted by Gasteiger charge is -2.33. The average molecular weight is 330 g/mol. The Labute approximate surface area is 143 Å². The van der Waals surface area contributed by atoms with E-state index in [-0.39, 0.29) is 12.1 Å². The van der Waals surface area contributed by atoms with Gasteiger partial charge in [-0.1, -0.05) is 31.2 Å². The quantitative estimate of drug-likeness (QED) is 0.818. The summed E-state index contributed by atoms with van der Waals surface area (Å²) in [6, 6.07) is 8.20. The van der Waals surface area contributed by atoms with Crippen molar-refractivity contribution in [2.75, 3.05) is 13.1 Å². The number of carboxylic acid groups (broad SMARTS) is 1. The number of hydrogen-bond donors (Lipinski definition) is 2. The van der Waals surface area contributed by atoms with Crippen LogP contribution in [0.3, 0.4) is 0 Å². The van der Waals surface area contributed by atoms with Gasteiger partial charge in [-0.05, 0) is 49.1 Å². The maximum Gasteiger partial charge on any atom is 0.317 e. The molecule has 0 spiro atoms. The Bertz CT molecular complexity index is 616. The van der Waals surface area contributed by atoms with Crippen LogP contribution >= 0.6 is 0 Å². The van der Waals surface area contributed by atoms with Crippen molar-refractivity contribution >= 4 is 12.0 Å². The van der Waals surface area contributed by atoms with E-state index in [1.54, 1.807) is 4.90 Å². The Kier molecular flexibility index (Phi) is 5.07. The second-order valence-electron chi connectivity index (χ2n) is 7.12. The first-order valence-corrected chi connectivity index (χ1v) is 8.92. The lowest BCUT2D eigenvalue weighted by atomic mass is 9.92. The second kappa shape index (κ2) is 7.24. The van der Waals surface area contributed by atoms with Crippen LogP contribution in [0.1, 0.15) is 49.8 Å². The molecule has 2 N–H and O–H groups in total. The molecule has 2 amide bonds. The summed E-state index contributed by atoms with van der Waals surface area (Å²) in [6.07, 6.45) is 4.67. The summed E-state index contributed by atoms with van der Waals surface area (Å²) in [4.78, 5) is 25.6. The molecule has 0 saturated carbocycles. The summed E-state index contributed by atoms with van der Waals surface area (Å²) < 4.78 is 0. The molecular weight excluding hydrogens is 304 g/mol. The van der Waals surface area contributed by atoms with Gasteiger partial charge in [-0.2, -0.15) is 0 Å². The predicted octanol–water partition coefficient (Wildman–Crippen LogP) is 3.21. The minimum atomic E-state index is -0.805. The van der Waals surface area contributed by atoms with Crippen LogP contribution in [0.4, 0.5) is 4.79 Å². The SMILES string of the molecule is CC1CCCc2ccccc2C1NC(=O)N1CCCC(C(=O)O)C1. The number of aliphatic carboxylic acids is 1. The van der Waals surface area contributed by atoms with E-state index in [2.05, 4.69) is 30.4 Å². The van der Waals surface area contributed by atoms with Gasteiger partial charge >= 0.3 is 12.0 Å². The summed E-state index contributed by atoms with van der Waals surface area (Å²) in [7, 11) is 0. The first-order valence-electron chi connectivity index (χ1n) is 8.92. The minimum Gasteiger partial charge on any atom is -0.481 e. The number of likely N-dealkylation sites (tertiary alicyclic amines) is 1. The molecule has 5 heteroatoms. The van der Waals surface area contributed by atoms with Gasteiger partial charge in [-0.3, -0.25) is 4.79 Å². The highest BCUT2D eigenvalue weighted by molar-refractivity contribution is 5.77. The molecule has 5 nitrogen and oxygen atoms in total. The van der Waals surface area contributed by atoms with Gasteiger partial charge in [0.2, 0.25) is 0 Å². The monoisotopic (exact) mass is 330 g/mol. The number of benzene rings is 1. The highest BCUT2D eigenvalue weighted by Gasteiger charge is 2.31. The van der Waals surface area contributed by atoms with Gasteiger partial charge in [0.15, 0.2) is 0 Å². The number of hydrogen-bond acceptors (Lipinski definition) is 2. The second-order valence-corrected chi connectivity index (χ2v) is 7.12. The molecule has 1 saturated heterocycles. The zero-order chi connectivity index (χ0) is 17.1. The maximum atomic E-state index is 12.7. The molecule has 3 atom stereocenters. The van der Waals surface area contributed by atoms with Crippen molar-refractivity contribution in [1.82, 2.24) is 10.2 Å². The van der Waals surface area contributed by atoms with Gasteiger partial charge in [-0.25, -0.2) is 4.79 Å². The molecule has 1 aliphatic heterocycles. The van der Waals surface area contributed by atoms with E-state index in [4.69, 9.17) is 0 Å². The van der Waals surface area contributed by atoms with Gasteiger partial charge in [0, 0.05) is 13.1 Å². The van der Waals surface area contributed by atoms with Crippen molar-refractivity contribution in [3.63, 3.8) is 0 Å². The number of urea groups is 1. The Balaban J connectivity index is 1.74. The van der Waals surface area contributed by atoms with Crippen molar-refractivity contribution in [3.8, 4) is 0 Å². The predicted molar refractivity (Wildman–Crippen MR) is 91.7 cm³/mol. The number of carbonyl (C=O) groups excluding carboxylic acids is 1. The molecule has 1 aliphatic carbocycles. The third-order valence-corrected chi connectivity index (χ3v) is 5.40. The van der Waals surface area contributed by atoms with Crippen molar-refractivity contribution in [3.05, 3.63) is 35.4 Å². The summed E-state index contributed by atoms with van der Waals surface area (Å²) in [5.74, 6) is -0.873. The summed E-state index contributed by atoms with van der Waals surface area (Å²) in [5, 5.41) is 12.4. The molecule has 1 fully saturated rings. The van der Waals surface area contributed by atoms with Gasteiger partial charge in [0.25, 0.3) is 0 Å². The first-order chi connectivity index (χ1) is 11.6. The molecule has 1 aromatic carbocycles. The third-order valence-electron chi connectivity index (χ3n) is 5.40. The minimum absolute atomic E-state index is 0.00130. The number of amides is 2. The van der Waals surface area contributed by atoms with Crippen LogP contribution in [0.15, 0.2) is 24.3 Å². The van der Waals surface area contributed by atoms with Crippen LogP contribution in [0.5, 0.6) is 0 Å². The zero-order valence-corrected chi connectivity index (χ0v) is 14.2. The van der Waals surface area contributed by atoms with E-state index in [1.165, 1.54) is 11.1 Å². The Morgan fingerprint density at radius 2 is 2.00 bits per heavy atom. The lowest BCUT2D eigenvalue weighted by Crippen LogP contribution is -2.48. The van der Waals surface area contributed by atoms with Crippen LogP contribution in [-0.2, 0) is 11.2 Å². The Morgan fingerprint density at radius 3 is 2.79 bits per heavy atom. The maximum absolute atomic E-state index is 12.7. The van der Waals surface area contributed by atoms with Crippen LogP contribution in [0.2, 0.25) is 0 Å². The van der Waals surface area contributed by atoms with E-state index < -0.39 is 11.9 Å². The fourth-order valence-corrected chi connectivity index (χ4v) is 3.96. The van der Waals surface area contributed by atoms with E-state index in [0.717, 1.165) is 25.7 Å². The van der Waals surface area contributed by atoms with Crippen molar-refractivity contribution in [2.24, 2.45) is 11.8 Å². The van der Waals surface area contributed by atoms with E-state index in [1.807, 2.05) is 6.07 Å². The number of fused-ring (bicyclic) bond motifs is 1. The standard InChI is InChI=1S/C19H26N2O3/c1-13-6-4-8-14-7-2-3-10-16(14)17(13)20-19(24)21-11-5-9-15(12-21)18(22)23/h2-3,7,10,13,15,17H,4-6,8-9,11-12H2,1H3,(H,20,24)(H,22,23). The molecule has 24 heavy (non-hydrogen) atoms. The fraction of sp³-hybridized carbons (Fsp3) is 0.579. The van der Waals surface area contributed by atoms with Crippen LogP contribution in [-0.4, -0.2) is 35.1 Å². The number of nitrogens with zero attached hydrogens (tertiary/aromatic N) is 1. The van der Waals surface area contributed by atoms with Crippen LogP contribution in [0, 0.1) is 11.8 Å². The zero-order valence-electron chi connectivity index (χ0n) is 14.2. The van der Waals surface area contributed by atoms with Crippen molar-refractivity contribution < 1.29 is 14.7 Å². The summed E-state index contributed by atoms with van der Waals surface area (Å²) in [6.45, 7) is 3.13.